The van der Waals surface area contributed by atoms with Gasteiger partial charge in [0.15, 0.2) is 0 Å². The number of halogens is 1. The number of methoxy groups -OCH3 is 3. The first-order chi connectivity index (χ1) is 29.5. The van der Waals surface area contributed by atoms with E-state index in [1.54, 1.807) is 88.5 Å². The number of nitrogens with one attached hydrogen (secondary N) is 2. The number of benzene rings is 4. The number of carbonyl (C=O) groups is 1. The number of tetrazole rings is 1. The highest BCUT2D eigenvalue weighted by Crippen LogP contribution is 2.38. The van der Waals surface area contributed by atoms with Crippen LogP contribution >= 0.6 is 22.6 Å². The van der Waals surface area contributed by atoms with Crippen LogP contribution in [0.5, 0.6) is 17.2 Å². The van der Waals surface area contributed by atoms with E-state index in [9.17, 15) is 13.2 Å². The smallest absolute Gasteiger partial charge is 0.407 e. The van der Waals surface area contributed by atoms with Gasteiger partial charge in [0, 0.05) is 42.3 Å². The third kappa shape index (κ3) is 12.0. The summed E-state index contributed by atoms with van der Waals surface area (Å²) in [5.41, 5.74) is 1.44. The van der Waals surface area contributed by atoms with Crippen molar-refractivity contribution in [1.82, 2.24) is 39.5 Å². The van der Waals surface area contributed by atoms with E-state index in [2.05, 4.69) is 25.4 Å². The molecule has 17 nitrogen and oxygen atoms in total. The van der Waals surface area contributed by atoms with Crippen molar-refractivity contribution in [2.24, 2.45) is 0 Å². The van der Waals surface area contributed by atoms with Crippen molar-refractivity contribution in [2.75, 3.05) is 47.5 Å². The van der Waals surface area contributed by atoms with Crippen LogP contribution in [0.4, 0.5) is 4.79 Å². The van der Waals surface area contributed by atoms with Crippen LogP contribution in [0.3, 0.4) is 0 Å². The molecule has 2 N–H and O–H groups in total. The summed E-state index contributed by atoms with van der Waals surface area (Å²) < 4.78 is 86.2. The monoisotopic (exact) mass is 1000 g/mol. The second-order valence-electron chi connectivity index (χ2n) is 15.5. The molecule has 0 bridgehead atoms. The summed E-state index contributed by atoms with van der Waals surface area (Å²) in [6.45, 7) is 6.91. The normalized spacial score (nSPS) is 14.8. The van der Waals surface area contributed by atoms with Crippen LogP contribution in [-0.2, 0) is 44.4 Å². The van der Waals surface area contributed by atoms with Gasteiger partial charge in [0.1, 0.15) is 32.6 Å². The van der Waals surface area contributed by atoms with Gasteiger partial charge in [-0.2, -0.15) is 9.10 Å². The zero-order chi connectivity index (χ0) is 44.7. The van der Waals surface area contributed by atoms with Crippen molar-refractivity contribution in [1.29, 1.82) is 0 Å². The molecule has 2 heterocycles. The lowest BCUT2D eigenvalue weighted by Crippen LogP contribution is -2.40. The lowest BCUT2D eigenvalue weighted by molar-refractivity contribution is 0.0523. The average molecular weight is 1000 g/mol. The van der Waals surface area contributed by atoms with E-state index in [0.29, 0.717) is 64.5 Å². The van der Waals surface area contributed by atoms with Crippen LogP contribution in [0.1, 0.15) is 43.9 Å². The Morgan fingerprint density at radius 1 is 0.823 bits per heavy atom. The number of amides is 1. The van der Waals surface area contributed by atoms with Crippen LogP contribution in [-0.4, -0.2) is 111 Å². The quantitative estimate of drug-likeness (QED) is 0.108. The Kier molecular flexibility index (Phi) is 15.1. The van der Waals surface area contributed by atoms with Crippen molar-refractivity contribution in [3.63, 3.8) is 0 Å². The first-order valence-electron chi connectivity index (χ1n) is 19.7. The molecular formula is C42H51IN8O9S2. The molecule has 4 aromatic carbocycles. The second kappa shape index (κ2) is 20.1. The topological polar surface area (TPSA) is 196 Å². The van der Waals surface area contributed by atoms with Gasteiger partial charge in [0.25, 0.3) is 0 Å². The van der Waals surface area contributed by atoms with E-state index in [1.165, 1.54) is 35.5 Å². The minimum absolute atomic E-state index is 0.00909. The van der Waals surface area contributed by atoms with Gasteiger partial charge in [-0.1, -0.05) is 36.4 Å². The fourth-order valence-electron chi connectivity index (χ4n) is 6.79. The first-order valence-corrected chi connectivity index (χ1v) is 23.7. The molecule has 0 unspecified atom stereocenters. The molecule has 0 aliphatic carbocycles. The number of sulfonamides is 2. The molecule has 5 aromatic rings. The summed E-state index contributed by atoms with van der Waals surface area (Å²) in [7, 11) is -4.60. The average Bonchev–Trinajstić information content (AvgIpc) is 3.89. The van der Waals surface area contributed by atoms with E-state index >= 15 is 8.42 Å². The minimum Gasteiger partial charge on any atom is -0.497 e. The van der Waals surface area contributed by atoms with E-state index in [4.69, 9.17) is 18.9 Å². The van der Waals surface area contributed by atoms with Gasteiger partial charge in [-0.25, -0.2) is 26.4 Å². The Hall–Kier alpha value is -4.87. The number of aromatic nitrogens is 4. The molecule has 62 heavy (non-hydrogen) atoms. The number of alkyl carbamates (subject to hydrolysis) is 1. The molecule has 0 saturated carbocycles. The van der Waals surface area contributed by atoms with E-state index < -0.39 is 47.6 Å². The largest absolute Gasteiger partial charge is 0.497 e. The predicted molar refractivity (Wildman–Crippen MR) is 240 cm³/mol. The number of nitrogens with zero attached hydrogens (tertiary/aromatic N) is 6. The van der Waals surface area contributed by atoms with Gasteiger partial charge in [0.05, 0.1) is 33.4 Å². The number of hydrogen-bond acceptors (Lipinski definition) is 13. The maximum absolute atomic E-state index is 15.5. The standard InChI is InChI=1S/C42H51IN8O9S2/c1-42(2,3)60-41(52)44-22-24-49-23-21-32(28-49)47-61(53,54)37-20-19-36(43)38(40-45-48-51(46-40)27-31-11-17-35(59-6)18-12-31)39(37)62(55,56)50(25-29-7-13-33(57-4)14-8-29)26-30-9-15-34(58-5)16-10-30/h7-20,32,47H,21-28H2,1-6H3,(H,44,52)/t32-/m1/s1. The third-order valence-electron chi connectivity index (χ3n) is 9.84. The van der Waals surface area contributed by atoms with Crippen LogP contribution in [0.15, 0.2) is 94.7 Å². The Morgan fingerprint density at radius 2 is 1.37 bits per heavy atom. The van der Waals surface area contributed by atoms with E-state index in [-0.39, 0.29) is 31.0 Å². The summed E-state index contributed by atoms with van der Waals surface area (Å²) in [6.07, 6.45) is -0.0896. The number of rotatable bonds is 18. The number of likely N-dealkylation sites (tertiary alicyclic amines) is 1. The molecule has 1 aromatic heterocycles. The number of hydrogen-bond donors (Lipinski definition) is 2. The molecular weight excluding hydrogens is 952 g/mol. The molecule has 1 saturated heterocycles. The Balaban J connectivity index is 1.39. The first kappa shape index (κ1) is 46.6. The number of ether oxygens (including phenoxy) is 4. The van der Waals surface area contributed by atoms with Crippen LogP contribution < -0.4 is 24.2 Å². The lowest BCUT2D eigenvalue weighted by Gasteiger charge is -2.26. The minimum atomic E-state index is -4.73. The molecule has 0 radical (unpaired) electrons. The zero-order valence-electron chi connectivity index (χ0n) is 35.4. The van der Waals surface area contributed by atoms with Gasteiger partial charge in [-0.05, 0) is 127 Å². The Labute approximate surface area is 376 Å². The summed E-state index contributed by atoms with van der Waals surface area (Å²) in [5.74, 6) is 1.78. The zero-order valence-corrected chi connectivity index (χ0v) is 39.2. The highest BCUT2D eigenvalue weighted by Gasteiger charge is 2.38. The van der Waals surface area contributed by atoms with Crippen molar-refractivity contribution >= 4 is 48.7 Å². The third-order valence-corrected chi connectivity index (χ3v) is 14.3. The Morgan fingerprint density at radius 3 is 1.90 bits per heavy atom. The molecule has 1 amide bonds. The molecule has 20 heteroatoms. The van der Waals surface area contributed by atoms with Crippen LogP contribution in [0.25, 0.3) is 11.4 Å². The lowest BCUT2D eigenvalue weighted by atomic mass is 10.2. The Bertz CT molecular complexity index is 2490. The molecule has 1 aliphatic rings. The van der Waals surface area contributed by atoms with Gasteiger partial charge >= 0.3 is 6.09 Å². The molecule has 332 valence electrons. The van der Waals surface area contributed by atoms with Gasteiger partial charge in [0.2, 0.25) is 25.9 Å². The van der Waals surface area contributed by atoms with Crippen molar-refractivity contribution in [2.45, 2.75) is 68.3 Å². The molecule has 1 fully saturated rings. The summed E-state index contributed by atoms with van der Waals surface area (Å²) in [5, 5.41) is 15.9. The number of carbonyl (C=O) groups excluding carboxylic acids is 1. The summed E-state index contributed by atoms with van der Waals surface area (Å²) >= 11 is 1.98. The fraction of sp³-hybridized carbons (Fsp3) is 0.381. The predicted octanol–water partition coefficient (Wildman–Crippen LogP) is 5.29. The highest BCUT2D eigenvalue weighted by atomic mass is 127. The van der Waals surface area contributed by atoms with Gasteiger partial charge < -0.3 is 24.3 Å². The summed E-state index contributed by atoms with van der Waals surface area (Å²) in [6, 6.07) is 23.5. The molecule has 1 atom stereocenters. The van der Waals surface area contributed by atoms with Crippen molar-refractivity contribution in [3.05, 3.63) is 105 Å². The maximum atomic E-state index is 15.5. The molecule has 0 spiro atoms. The van der Waals surface area contributed by atoms with Crippen molar-refractivity contribution in [3.8, 4) is 28.6 Å². The SMILES string of the molecule is COc1ccc(CN(Cc2ccc(OC)cc2)S(=O)(=O)c2c(S(=O)(=O)N[C@@H]3CCN(CCNC(=O)OC(C)(C)C)C3)ccc(I)c2-c2nnn(Cc3ccc(OC)cc3)n2)cc1. The van der Waals surface area contributed by atoms with E-state index in [0.717, 1.165) is 5.56 Å². The molecule has 6 rings (SSSR count). The molecule has 1 aliphatic heterocycles. The fourth-order valence-corrected chi connectivity index (χ4v) is 11.3. The van der Waals surface area contributed by atoms with E-state index in [1.807, 2.05) is 39.6 Å². The second-order valence-corrected chi connectivity index (χ2v) is 20.3. The van der Waals surface area contributed by atoms with Gasteiger partial charge in [-0.15, -0.1) is 10.2 Å². The van der Waals surface area contributed by atoms with Crippen LogP contribution in [0.2, 0.25) is 0 Å². The van der Waals surface area contributed by atoms with Crippen molar-refractivity contribution < 1.29 is 40.6 Å². The summed E-state index contributed by atoms with van der Waals surface area (Å²) in [4.78, 5) is 14.6. The van der Waals surface area contributed by atoms with Gasteiger partial charge in [-0.3, -0.25) is 4.90 Å². The van der Waals surface area contributed by atoms with Crippen LogP contribution in [0, 0.1) is 3.57 Å². The highest BCUT2D eigenvalue weighted by molar-refractivity contribution is 14.1. The maximum Gasteiger partial charge on any atom is 0.407 e.